The van der Waals surface area contributed by atoms with Crippen LogP contribution < -0.4 is 0 Å². The number of carbonyl (C=O) groups is 1. The first-order valence-electron chi connectivity index (χ1n) is 14.8. The van der Waals surface area contributed by atoms with Crippen molar-refractivity contribution in [2.75, 3.05) is 0 Å². The van der Waals surface area contributed by atoms with Crippen LogP contribution >= 0.6 is 0 Å². The van der Waals surface area contributed by atoms with Gasteiger partial charge >= 0.3 is 5.97 Å². The summed E-state index contributed by atoms with van der Waals surface area (Å²) in [5.41, 5.74) is -0.971. The molecule has 0 aromatic carbocycles. The largest absolute Gasteiger partial charge is 0.481 e. The highest BCUT2D eigenvalue weighted by Crippen LogP contribution is 2.78. The fraction of sp³-hybridized carbons (Fsp3) is 0.765. The standard InChI is InChI=1S/C34H47NO3/c1-10-22-20-23(28(37)38)24-12-18-33(11-2)26(32(24,8)21(22)3)14-19-34(35-9)30(6)16-15-27(36)29(4,5)25(30)13-17-31(33,34)7/h2,9-10,14,21-25,27,36H,1,12-13,15-20H2,3-8H3/p+1/t21-,22+,23+,24?,25?,27-,30-,31-,32+,33+,34-/m0/s1. The number of aliphatic carboxylic acids is 1. The molecule has 0 saturated heterocycles. The zero-order valence-corrected chi connectivity index (χ0v) is 24.4. The summed E-state index contributed by atoms with van der Waals surface area (Å²) < 4.78 is 0. The molecule has 5 aliphatic carbocycles. The zero-order valence-electron chi connectivity index (χ0n) is 24.4. The normalized spacial score (nSPS) is 52.9. The van der Waals surface area contributed by atoms with Crippen molar-refractivity contribution in [3.8, 4) is 18.9 Å². The number of nitrogens with zero attached hydrogens (tertiary/aromatic N) is 1. The monoisotopic (exact) mass is 518 g/mol. The Balaban J connectivity index is 1.74. The molecule has 4 saturated carbocycles. The van der Waals surface area contributed by atoms with Gasteiger partial charge in [0.1, 0.15) is 0 Å². The molecule has 4 heteroatoms. The van der Waals surface area contributed by atoms with E-state index in [1.165, 1.54) is 5.57 Å². The molecule has 4 nitrogen and oxygen atoms in total. The van der Waals surface area contributed by atoms with Crippen molar-refractivity contribution >= 4 is 5.97 Å². The first kappa shape index (κ1) is 27.5. The van der Waals surface area contributed by atoms with E-state index in [2.05, 4.69) is 60.1 Å². The fourth-order valence-corrected chi connectivity index (χ4v) is 11.7. The van der Waals surface area contributed by atoms with Crippen LogP contribution in [0.4, 0.5) is 0 Å². The molecule has 0 spiro atoms. The molecule has 5 aliphatic rings. The molecule has 38 heavy (non-hydrogen) atoms. The summed E-state index contributed by atoms with van der Waals surface area (Å²) in [6.45, 7) is 24.4. The summed E-state index contributed by atoms with van der Waals surface area (Å²) in [4.78, 5) is 17.4. The zero-order chi connectivity index (χ0) is 28.1. The number of allylic oxidation sites excluding steroid dienone is 2. The highest BCUT2D eigenvalue weighted by molar-refractivity contribution is 5.71. The molecule has 206 valence electrons. The van der Waals surface area contributed by atoms with Gasteiger partial charge in [-0.1, -0.05) is 57.5 Å². The van der Waals surface area contributed by atoms with Gasteiger partial charge in [-0.05, 0) is 91.9 Å². The minimum Gasteiger partial charge on any atom is -0.481 e. The third-order valence-electron chi connectivity index (χ3n) is 14.1. The summed E-state index contributed by atoms with van der Waals surface area (Å²) in [7, 11) is 0. The Hall–Kier alpha value is -2.04. The molecule has 0 radical (unpaired) electrons. The summed E-state index contributed by atoms with van der Waals surface area (Å²) in [6.07, 6.45) is 17.1. The fourth-order valence-electron chi connectivity index (χ4n) is 11.7. The van der Waals surface area contributed by atoms with Crippen LogP contribution in [0.3, 0.4) is 0 Å². The predicted molar refractivity (Wildman–Crippen MR) is 152 cm³/mol. The van der Waals surface area contributed by atoms with Gasteiger partial charge in [0.15, 0.2) is 0 Å². The molecule has 0 heterocycles. The summed E-state index contributed by atoms with van der Waals surface area (Å²) >= 11 is 0. The van der Waals surface area contributed by atoms with E-state index in [4.69, 9.17) is 17.8 Å². The topological polar surface area (TPSA) is 61.9 Å². The molecule has 0 amide bonds. The van der Waals surface area contributed by atoms with Crippen molar-refractivity contribution in [3.63, 3.8) is 0 Å². The summed E-state index contributed by atoms with van der Waals surface area (Å²) in [5.74, 6) is 3.00. The lowest BCUT2D eigenvalue weighted by molar-refractivity contribution is -0.199. The lowest BCUT2D eigenvalue weighted by atomic mass is 9.30. The van der Waals surface area contributed by atoms with Crippen LogP contribution in [-0.4, -0.2) is 27.8 Å². The maximum absolute atomic E-state index is 12.6. The number of fused-ring (bicyclic) bond motifs is 7. The molecule has 4 fully saturated rings. The van der Waals surface area contributed by atoms with E-state index < -0.39 is 22.8 Å². The maximum atomic E-state index is 12.6. The number of carboxylic acids is 1. The Morgan fingerprint density at radius 1 is 1.16 bits per heavy atom. The summed E-state index contributed by atoms with van der Waals surface area (Å²) in [5, 5.41) is 21.4. The maximum Gasteiger partial charge on any atom is 0.306 e. The van der Waals surface area contributed by atoms with Gasteiger partial charge in [0.25, 0.3) is 12.1 Å². The van der Waals surface area contributed by atoms with Gasteiger partial charge < -0.3 is 10.2 Å². The van der Waals surface area contributed by atoms with Crippen LogP contribution in [0.25, 0.3) is 4.85 Å². The van der Waals surface area contributed by atoms with E-state index in [9.17, 15) is 15.0 Å². The van der Waals surface area contributed by atoms with E-state index in [1.54, 1.807) is 0 Å². The van der Waals surface area contributed by atoms with Crippen molar-refractivity contribution in [2.45, 2.75) is 105 Å². The van der Waals surface area contributed by atoms with E-state index in [0.717, 1.165) is 38.5 Å². The van der Waals surface area contributed by atoms with Crippen molar-refractivity contribution in [2.24, 2.45) is 56.7 Å². The van der Waals surface area contributed by atoms with Crippen LogP contribution in [0, 0.1) is 75.6 Å². The van der Waals surface area contributed by atoms with Crippen LogP contribution in [0.1, 0.15) is 92.9 Å². The lowest BCUT2D eigenvalue weighted by Crippen LogP contribution is -2.73. The molecule has 2 N–H and O–H groups in total. The average molecular weight is 519 g/mol. The smallest absolute Gasteiger partial charge is 0.306 e. The van der Waals surface area contributed by atoms with Gasteiger partial charge in [-0.3, -0.25) is 4.79 Å². The lowest BCUT2D eigenvalue weighted by Gasteiger charge is -2.70. The van der Waals surface area contributed by atoms with Crippen molar-refractivity contribution in [3.05, 3.63) is 29.1 Å². The second-order valence-corrected chi connectivity index (χ2v) is 14.9. The molecule has 0 aliphatic heterocycles. The van der Waals surface area contributed by atoms with Gasteiger partial charge in [-0.2, -0.15) is 0 Å². The molecule has 5 rings (SSSR count). The number of hydrogen-bond acceptors (Lipinski definition) is 2. The van der Waals surface area contributed by atoms with E-state index in [-0.39, 0.29) is 51.4 Å². The highest BCUT2D eigenvalue weighted by atomic mass is 16.4. The second kappa shape index (κ2) is 8.24. The minimum absolute atomic E-state index is 0.0422. The number of terminal acetylenes is 1. The molecular weight excluding hydrogens is 470 g/mol. The number of hydrogen-bond donors (Lipinski definition) is 2. The molecular formula is C34H48NO3+. The minimum atomic E-state index is -0.696. The Bertz CT molecular complexity index is 1170. The molecule has 2 unspecified atom stereocenters. The van der Waals surface area contributed by atoms with Crippen LogP contribution in [0.15, 0.2) is 24.3 Å². The first-order valence-corrected chi connectivity index (χ1v) is 14.8. The van der Waals surface area contributed by atoms with Crippen LogP contribution in [0.2, 0.25) is 0 Å². The van der Waals surface area contributed by atoms with Crippen LogP contribution in [0.5, 0.6) is 0 Å². The molecule has 0 aromatic rings. The van der Waals surface area contributed by atoms with Crippen LogP contribution in [-0.2, 0) is 4.79 Å². The van der Waals surface area contributed by atoms with Crippen molar-refractivity contribution in [1.29, 1.82) is 0 Å². The van der Waals surface area contributed by atoms with E-state index in [0.29, 0.717) is 12.8 Å². The van der Waals surface area contributed by atoms with E-state index in [1.807, 2.05) is 6.08 Å². The quantitative estimate of drug-likeness (QED) is 0.300. The van der Waals surface area contributed by atoms with Gasteiger partial charge in [-0.15, -0.1) is 13.0 Å². The Morgan fingerprint density at radius 2 is 1.84 bits per heavy atom. The molecule has 11 atom stereocenters. The molecule has 0 bridgehead atoms. The van der Waals surface area contributed by atoms with Gasteiger partial charge in [0, 0.05) is 6.42 Å². The van der Waals surface area contributed by atoms with Gasteiger partial charge in [0.05, 0.1) is 28.3 Å². The van der Waals surface area contributed by atoms with Crippen molar-refractivity contribution in [1.82, 2.24) is 0 Å². The number of aliphatic hydroxyl groups is 1. The third-order valence-corrected chi connectivity index (χ3v) is 14.1. The number of carboxylic acid groups (broad SMARTS) is 1. The van der Waals surface area contributed by atoms with Gasteiger partial charge in [0.2, 0.25) is 0 Å². The van der Waals surface area contributed by atoms with Crippen molar-refractivity contribution < 1.29 is 15.0 Å². The highest BCUT2D eigenvalue weighted by Gasteiger charge is 2.82. The number of rotatable bonds is 2. The predicted octanol–water partition coefficient (Wildman–Crippen LogP) is 7.20. The first-order chi connectivity index (χ1) is 17.7. The average Bonchev–Trinajstić information content (AvgIpc) is 2.87. The van der Waals surface area contributed by atoms with E-state index >= 15 is 0 Å². The Morgan fingerprint density at radius 3 is 2.42 bits per heavy atom. The Kier molecular flexibility index (Phi) is 5.97. The summed E-state index contributed by atoms with van der Waals surface area (Å²) in [6, 6.07) is 0. The third kappa shape index (κ3) is 2.79. The SMILES string of the molecule is C#C[C@@]12CCC3[C@H](C(=O)O)C[C@@H](C=C)[C@H](C)[C@@]3(C)C1=CC[C@@]1([N+]#C)[C@@]2(C)CCC2C(C)(C)[C@@H](O)CC[C@@]21C. The Labute approximate surface area is 230 Å². The number of aliphatic hydroxyl groups excluding tert-OH is 1. The van der Waals surface area contributed by atoms with Gasteiger partial charge in [-0.25, -0.2) is 0 Å². The molecule has 0 aromatic heterocycles. The second-order valence-electron chi connectivity index (χ2n) is 14.9.